The minimum Gasteiger partial charge on any atom is -0.478 e. The highest BCUT2D eigenvalue weighted by molar-refractivity contribution is 7.63. The van der Waals surface area contributed by atoms with E-state index in [1.807, 2.05) is 6.07 Å². The zero-order chi connectivity index (χ0) is 18.5. The van der Waals surface area contributed by atoms with E-state index in [0.29, 0.717) is 0 Å². The third-order valence-corrected chi connectivity index (χ3v) is 32.4. The van der Waals surface area contributed by atoms with E-state index in [2.05, 4.69) is 40.0 Å². The van der Waals surface area contributed by atoms with Crippen molar-refractivity contribution < 1.29 is 24.2 Å². The van der Waals surface area contributed by atoms with Crippen LogP contribution in [0.1, 0.15) is 34.6 Å². The first-order valence-corrected chi connectivity index (χ1v) is 17.6. The molecule has 1 fully saturated rings. The minimum atomic E-state index is -2.01. The molecule has 1 heterocycles. The number of hydrogen-bond acceptors (Lipinski definition) is 3. The van der Waals surface area contributed by atoms with Crippen molar-refractivity contribution in [1.29, 1.82) is 0 Å². The third kappa shape index (κ3) is 3.56. The van der Waals surface area contributed by atoms with Gasteiger partial charge in [-0.2, -0.15) is 0 Å². The van der Waals surface area contributed by atoms with E-state index in [-0.39, 0.29) is 16.7 Å². The topological polar surface area (TPSA) is 83.8 Å². The molecule has 1 aliphatic rings. The molecular formula is C16H25O5Si3. The van der Waals surface area contributed by atoms with Crippen molar-refractivity contribution in [3.63, 3.8) is 0 Å². The summed E-state index contributed by atoms with van der Waals surface area (Å²) in [4.78, 5) is 22.8. The van der Waals surface area contributed by atoms with E-state index in [0.717, 1.165) is 11.2 Å². The van der Waals surface area contributed by atoms with Gasteiger partial charge in [0.2, 0.25) is 0 Å². The van der Waals surface area contributed by atoms with Gasteiger partial charge in [0, 0.05) is 13.2 Å². The van der Waals surface area contributed by atoms with Gasteiger partial charge in [-0.15, -0.1) is 0 Å². The van der Waals surface area contributed by atoms with E-state index in [1.165, 1.54) is 6.07 Å². The molecule has 2 rings (SSSR count). The Morgan fingerprint density at radius 2 is 1.62 bits per heavy atom. The van der Waals surface area contributed by atoms with Crippen molar-refractivity contribution in [2.24, 2.45) is 0 Å². The predicted molar refractivity (Wildman–Crippen MR) is 101 cm³/mol. The maximum atomic E-state index is 11.5. The van der Waals surface area contributed by atoms with Crippen LogP contribution in [0.4, 0.5) is 0 Å². The summed E-state index contributed by atoms with van der Waals surface area (Å²) >= 11 is 0. The second-order valence-electron chi connectivity index (χ2n) is 8.18. The highest BCUT2D eigenvalue weighted by Gasteiger charge is 2.55. The minimum absolute atomic E-state index is 0.114. The first-order chi connectivity index (χ1) is 10.8. The molecule has 1 aliphatic heterocycles. The zero-order valence-corrected chi connectivity index (χ0v) is 18.1. The first-order valence-electron chi connectivity index (χ1n) is 7.96. The van der Waals surface area contributed by atoms with Crippen LogP contribution in [0.5, 0.6) is 0 Å². The Balaban J connectivity index is 2.60. The SMILES string of the molecule is CC1(C)C[Si](C)(C)[Si](c2ccc(C(=O)O)c(C(=O)O)c2)[Si](C)(C)O1. The average molecular weight is 382 g/mol. The monoisotopic (exact) mass is 381 g/mol. The maximum absolute atomic E-state index is 11.5. The fourth-order valence-electron chi connectivity index (χ4n) is 4.55. The van der Waals surface area contributed by atoms with Crippen LogP contribution in [-0.4, -0.2) is 51.0 Å². The highest BCUT2D eigenvalue weighted by atomic mass is 29.6. The number of rotatable bonds is 3. The lowest BCUT2D eigenvalue weighted by molar-refractivity contribution is 0.0651. The molecule has 0 spiro atoms. The van der Waals surface area contributed by atoms with Gasteiger partial charge in [-0.3, -0.25) is 0 Å². The molecule has 8 heteroatoms. The molecular weight excluding hydrogens is 356 g/mol. The van der Waals surface area contributed by atoms with Gasteiger partial charge in [0.25, 0.3) is 0 Å². The van der Waals surface area contributed by atoms with Gasteiger partial charge in [0.15, 0.2) is 7.83 Å². The Hall–Kier alpha value is -1.23. The maximum Gasteiger partial charge on any atom is 0.336 e. The van der Waals surface area contributed by atoms with E-state index in [4.69, 9.17) is 4.43 Å². The molecule has 0 aliphatic carbocycles. The Morgan fingerprint density at radius 3 is 2.08 bits per heavy atom. The van der Waals surface area contributed by atoms with E-state index in [1.54, 1.807) is 6.07 Å². The molecule has 0 amide bonds. The van der Waals surface area contributed by atoms with Crippen LogP contribution in [0.3, 0.4) is 0 Å². The van der Waals surface area contributed by atoms with Gasteiger partial charge >= 0.3 is 11.9 Å². The Labute approximate surface area is 146 Å². The van der Waals surface area contributed by atoms with Crippen molar-refractivity contribution in [3.05, 3.63) is 29.3 Å². The third-order valence-electron chi connectivity index (χ3n) is 4.45. The summed E-state index contributed by atoms with van der Waals surface area (Å²) < 4.78 is 6.50. The second-order valence-corrected chi connectivity index (χ2v) is 29.0. The fourth-order valence-corrected chi connectivity index (χ4v) is 41.4. The molecule has 0 saturated carbocycles. The molecule has 0 unspecified atom stereocenters. The van der Waals surface area contributed by atoms with E-state index < -0.39 is 35.2 Å². The number of benzene rings is 1. The smallest absolute Gasteiger partial charge is 0.336 e. The second kappa shape index (κ2) is 5.94. The zero-order valence-electron chi connectivity index (χ0n) is 15.1. The Morgan fingerprint density at radius 1 is 1.08 bits per heavy atom. The largest absolute Gasteiger partial charge is 0.478 e. The molecule has 0 bridgehead atoms. The average Bonchev–Trinajstić information content (AvgIpc) is 2.32. The van der Waals surface area contributed by atoms with Crippen LogP contribution in [0.2, 0.25) is 32.2 Å². The molecule has 5 nitrogen and oxygen atoms in total. The summed E-state index contributed by atoms with van der Waals surface area (Å²) in [5.41, 5.74) is -0.391. The lowest BCUT2D eigenvalue weighted by Gasteiger charge is -2.52. The number of aromatic carboxylic acids is 2. The van der Waals surface area contributed by atoms with Crippen molar-refractivity contribution in [3.8, 4) is 0 Å². The lowest BCUT2D eigenvalue weighted by atomic mass is 10.1. The van der Waals surface area contributed by atoms with Gasteiger partial charge in [-0.25, -0.2) is 9.59 Å². The van der Waals surface area contributed by atoms with Gasteiger partial charge < -0.3 is 14.6 Å². The summed E-state index contributed by atoms with van der Waals surface area (Å²) in [5, 5.41) is 19.7. The molecule has 0 atom stereocenters. The van der Waals surface area contributed by atoms with Crippen LogP contribution in [0, 0.1) is 0 Å². The van der Waals surface area contributed by atoms with E-state index in [9.17, 15) is 19.8 Å². The molecule has 1 radical (unpaired) electrons. The van der Waals surface area contributed by atoms with Crippen molar-refractivity contribution in [2.45, 2.75) is 51.7 Å². The fraction of sp³-hybridized carbons (Fsp3) is 0.500. The van der Waals surface area contributed by atoms with Gasteiger partial charge in [0.1, 0.15) is 7.83 Å². The summed E-state index contributed by atoms with van der Waals surface area (Å²) in [6.07, 6.45) is 0. The first kappa shape index (κ1) is 19.1. The molecule has 131 valence electrons. The van der Waals surface area contributed by atoms with Crippen LogP contribution in [0.25, 0.3) is 0 Å². The van der Waals surface area contributed by atoms with Crippen LogP contribution in [0.15, 0.2) is 18.2 Å². The normalized spacial score (nSPS) is 22.1. The van der Waals surface area contributed by atoms with Crippen molar-refractivity contribution in [1.82, 2.24) is 0 Å². The van der Waals surface area contributed by atoms with Crippen molar-refractivity contribution >= 4 is 40.4 Å². The lowest BCUT2D eigenvalue weighted by Crippen LogP contribution is -2.75. The summed E-state index contributed by atoms with van der Waals surface area (Å²) in [6.45, 7) is 13.5. The van der Waals surface area contributed by atoms with Crippen LogP contribution >= 0.6 is 0 Å². The molecule has 1 aromatic rings. The van der Waals surface area contributed by atoms with Gasteiger partial charge in [-0.05, 0) is 45.1 Å². The van der Waals surface area contributed by atoms with Gasteiger partial charge in [0.05, 0.1) is 11.1 Å². The number of carbonyl (C=O) groups is 2. The molecule has 1 saturated heterocycles. The molecule has 0 aromatic heterocycles. The number of carboxylic acid groups (broad SMARTS) is 2. The number of carboxylic acids is 2. The summed E-state index contributed by atoms with van der Waals surface area (Å²) in [7, 11) is -4.69. The van der Waals surface area contributed by atoms with Crippen molar-refractivity contribution in [2.75, 3.05) is 0 Å². The highest BCUT2D eigenvalue weighted by Crippen LogP contribution is 2.37. The number of hydrogen-bond donors (Lipinski definition) is 2. The predicted octanol–water partition coefficient (Wildman–Crippen LogP) is 2.66. The van der Waals surface area contributed by atoms with E-state index >= 15 is 0 Å². The van der Waals surface area contributed by atoms with Gasteiger partial charge in [-0.1, -0.05) is 24.3 Å². The molecule has 1 aromatic carbocycles. The van der Waals surface area contributed by atoms with Crippen LogP contribution < -0.4 is 5.19 Å². The molecule has 24 heavy (non-hydrogen) atoms. The molecule has 2 N–H and O–H groups in total. The Bertz CT molecular complexity index is 677. The van der Waals surface area contributed by atoms with Crippen LogP contribution in [-0.2, 0) is 4.43 Å². The standard InChI is InChI=1S/C16H25O5Si3/c1-16(2)10-23(3,4)22(24(5,6)21-16)11-7-8-12(14(17)18)13(9-11)15(19)20/h7-9H,10H2,1-6H3,(H,17,18)(H,19,20). The summed E-state index contributed by atoms with van der Waals surface area (Å²) in [5.74, 6) is -2.39. The quantitative estimate of drug-likeness (QED) is 0.787. The Kier molecular flexibility index (Phi) is 4.73. The summed E-state index contributed by atoms with van der Waals surface area (Å²) in [6, 6.07) is 5.92.